The van der Waals surface area contributed by atoms with E-state index in [1.54, 1.807) is 24.3 Å². The molecular weight excluding hydrogens is 426 g/mol. The van der Waals surface area contributed by atoms with Gasteiger partial charge in [-0.3, -0.25) is 9.69 Å². The molecular formula is C18H14ClNO4S3. The molecule has 1 amide bonds. The zero-order valence-electron chi connectivity index (χ0n) is 13.9. The van der Waals surface area contributed by atoms with Gasteiger partial charge in [0.2, 0.25) is 0 Å². The van der Waals surface area contributed by atoms with Crippen LogP contribution in [-0.4, -0.2) is 41.1 Å². The van der Waals surface area contributed by atoms with Crippen LogP contribution in [0.1, 0.15) is 12.2 Å². The number of amides is 1. The van der Waals surface area contributed by atoms with Crippen molar-refractivity contribution >= 4 is 61.7 Å². The maximum Gasteiger partial charge on any atom is 0.266 e. The number of carbonyl (C=O) groups excluding carboxylic acids is 1. The van der Waals surface area contributed by atoms with E-state index in [0.29, 0.717) is 32.2 Å². The number of halogens is 1. The highest BCUT2D eigenvalue weighted by atomic mass is 35.5. The number of rotatable bonds is 3. The molecule has 140 valence electrons. The van der Waals surface area contributed by atoms with Crippen LogP contribution in [0.15, 0.2) is 45.7 Å². The van der Waals surface area contributed by atoms with Gasteiger partial charge in [0.05, 0.1) is 27.5 Å². The van der Waals surface area contributed by atoms with Gasteiger partial charge in [0.15, 0.2) is 9.84 Å². The standard InChI is InChI=1S/C18H14ClNO4S3/c19-14-4-2-1-3-13(14)15-6-5-12(24-15)9-16-17(21)20(18(25)26-16)11-7-8-27(22,23)10-11/h1-6,9,11H,7-8,10H2/b16-9-/t11-/m0/s1. The number of thioether (sulfide) groups is 1. The first-order valence-electron chi connectivity index (χ1n) is 8.16. The van der Waals surface area contributed by atoms with Gasteiger partial charge in [-0.1, -0.05) is 47.7 Å². The molecule has 1 aromatic carbocycles. The van der Waals surface area contributed by atoms with Gasteiger partial charge in [0.25, 0.3) is 5.91 Å². The molecule has 4 rings (SSSR count). The van der Waals surface area contributed by atoms with E-state index in [-0.39, 0.29) is 23.5 Å². The van der Waals surface area contributed by atoms with Crippen molar-refractivity contribution in [3.05, 3.63) is 52.1 Å². The molecule has 2 saturated heterocycles. The third-order valence-corrected chi connectivity index (χ3v) is 7.85. The van der Waals surface area contributed by atoms with E-state index in [9.17, 15) is 13.2 Å². The Morgan fingerprint density at radius 1 is 1.26 bits per heavy atom. The van der Waals surface area contributed by atoms with Crippen molar-refractivity contribution in [3.63, 3.8) is 0 Å². The molecule has 27 heavy (non-hydrogen) atoms. The molecule has 9 heteroatoms. The van der Waals surface area contributed by atoms with Gasteiger partial charge >= 0.3 is 0 Å². The Hall–Kier alpha value is -1.61. The molecule has 5 nitrogen and oxygen atoms in total. The SMILES string of the molecule is O=C1/C(=C/c2ccc(-c3ccccc3Cl)o2)SC(=S)N1[C@H]1CCS(=O)(=O)C1. The van der Waals surface area contributed by atoms with Crippen molar-refractivity contribution in [2.45, 2.75) is 12.5 Å². The first kappa shape index (κ1) is 18.7. The molecule has 3 heterocycles. The van der Waals surface area contributed by atoms with Gasteiger partial charge in [-0.15, -0.1) is 0 Å². The van der Waals surface area contributed by atoms with Crippen LogP contribution in [0.4, 0.5) is 0 Å². The summed E-state index contributed by atoms with van der Waals surface area (Å²) >= 11 is 12.7. The molecule has 1 aromatic heterocycles. The summed E-state index contributed by atoms with van der Waals surface area (Å²) in [7, 11) is -3.10. The smallest absolute Gasteiger partial charge is 0.266 e. The van der Waals surface area contributed by atoms with Crippen LogP contribution in [0.5, 0.6) is 0 Å². The molecule has 0 bridgehead atoms. The number of furan rings is 1. The Balaban J connectivity index is 1.58. The molecule has 0 unspecified atom stereocenters. The lowest BCUT2D eigenvalue weighted by atomic mass is 10.2. The molecule has 0 aliphatic carbocycles. The maximum atomic E-state index is 12.7. The van der Waals surface area contributed by atoms with Crippen molar-refractivity contribution in [3.8, 4) is 11.3 Å². The molecule has 2 fully saturated rings. The van der Waals surface area contributed by atoms with Crippen LogP contribution < -0.4 is 0 Å². The summed E-state index contributed by atoms with van der Waals surface area (Å²) in [5, 5.41) is 0.576. The second kappa shape index (κ2) is 7.09. The quantitative estimate of drug-likeness (QED) is 0.532. The molecule has 2 aromatic rings. The highest BCUT2D eigenvalue weighted by Crippen LogP contribution is 2.37. The second-order valence-electron chi connectivity index (χ2n) is 6.29. The van der Waals surface area contributed by atoms with Crippen LogP contribution in [0, 0.1) is 0 Å². The Morgan fingerprint density at radius 3 is 2.74 bits per heavy atom. The van der Waals surface area contributed by atoms with Gasteiger partial charge in [-0.25, -0.2) is 8.42 Å². The van der Waals surface area contributed by atoms with Crippen LogP contribution in [0.3, 0.4) is 0 Å². The van der Waals surface area contributed by atoms with Crippen LogP contribution in [0.25, 0.3) is 17.4 Å². The van der Waals surface area contributed by atoms with Crippen molar-refractivity contribution in [2.24, 2.45) is 0 Å². The first-order valence-corrected chi connectivity index (χ1v) is 11.6. The zero-order chi connectivity index (χ0) is 19.2. The normalized spacial score (nSPS) is 23.5. The molecule has 0 saturated carbocycles. The summed E-state index contributed by atoms with van der Waals surface area (Å²) in [4.78, 5) is 14.6. The summed E-state index contributed by atoms with van der Waals surface area (Å²) < 4.78 is 29.6. The Morgan fingerprint density at radius 2 is 2.04 bits per heavy atom. The molecule has 2 aliphatic rings. The fraction of sp³-hybridized carbons (Fsp3) is 0.222. The maximum absolute atomic E-state index is 12.7. The van der Waals surface area contributed by atoms with Crippen molar-refractivity contribution in [1.82, 2.24) is 4.90 Å². The lowest BCUT2D eigenvalue weighted by molar-refractivity contribution is -0.123. The summed E-state index contributed by atoms with van der Waals surface area (Å²) in [6.45, 7) is 0. The fourth-order valence-electron chi connectivity index (χ4n) is 3.14. The predicted molar refractivity (Wildman–Crippen MR) is 111 cm³/mol. The molecule has 2 aliphatic heterocycles. The largest absolute Gasteiger partial charge is 0.457 e. The van der Waals surface area contributed by atoms with E-state index in [1.807, 2.05) is 18.2 Å². The Labute approximate surface area is 171 Å². The lowest BCUT2D eigenvalue weighted by Gasteiger charge is -2.20. The number of sulfone groups is 1. The Bertz CT molecular complexity index is 1070. The minimum atomic E-state index is -3.10. The number of benzene rings is 1. The summed E-state index contributed by atoms with van der Waals surface area (Å²) in [6, 6.07) is 10.5. The van der Waals surface area contributed by atoms with E-state index in [2.05, 4.69) is 0 Å². The van der Waals surface area contributed by atoms with Gasteiger partial charge in [0.1, 0.15) is 15.8 Å². The monoisotopic (exact) mass is 439 g/mol. The molecule has 0 N–H and O–H groups in total. The lowest BCUT2D eigenvalue weighted by Crippen LogP contribution is -2.39. The number of hydrogen-bond acceptors (Lipinski definition) is 6. The average Bonchev–Trinajstić information content (AvgIpc) is 3.27. The summed E-state index contributed by atoms with van der Waals surface area (Å²) in [5.41, 5.74) is 0.766. The third kappa shape index (κ3) is 3.71. The highest BCUT2D eigenvalue weighted by molar-refractivity contribution is 8.26. The van der Waals surface area contributed by atoms with Crippen LogP contribution in [-0.2, 0) is 14.6 Å². The minimum Gasteiger partial charge on any atom is -0.457 e. The average molecular weight is 440 g/mol. The van der Waals surface area contributed by atoms with Gasteiger partial charge in [0, 0.05) is 11.6 Å². The van der Waals surface area contributed by atoms with Gasteiger partial charge in [-0.05, 0) is 30.7 Å². The number of nitrogens with zero attached hydrogens (tertiary/aromatic N) is 1. The van der Waals surface area contributed by atoms with Crippen molar-refractivity contribution < 1.29 is 17.6 Å². The molecule has 1 atom stereocenters. The predicted octanol–water partition coefficient (Wildman–Crippen LogP) is 3.99. The third-order valence-electron chi connectivity index (χ3n) is 4.44. The van der Waals surface area contributed by atoms with Crippen molar-refractivity contribution in [1.29, 1.82) is 0 Å². The number of thiocarbonyl (C=S) groups is 1. The van der Waals surface area contributed by atoms with E-state index < -0.39 is 9.84 Å². The van der Waals surface area contributed by atoms with E-state index >= 15 is 0 Å². The topological polar surface area (TPSA) is 67.6 Å². The summed E-state index contributed by atoms with van der Waals surface area (Å²) in [6.07, 6.45) is 2.04. The Kier molecular flexibility index (Phi) is 4.92. The van der Waals surface area contributed by atoms with E-state index in [1.165, 1.54) is 4.90 Å². The molecule has 0 spiro atoms. The molecule has 0 radical (unpaired) electrons. The van der Waals surface area contributed by atoms with E-state index in [4.69, 9.17) is 28.2 Å². The number of carbonyl (C=O) groups is 1. The van der Waals surface area contributed by atoms with Crippen molar-refractivity contribution in [2.75, 3.05) is 11.5 Å². The number of hydrogen-bond donors (Lipinski definition) is 0. The van der Waals surface area contributed by atoms with Gasteiger partial charge in [-0.2, -0.15) is 0 Å². The summed E-state index contributed by atoms with van der Waals surface area (Å²) in [5.74, 6) is 0.883. The van der Waals surface area contributed by atoms with Crippen LogP contribution >= 0.6 is 35.6 Å². The second-order valence-corrected chi connectivity index (χ2v) is 10.6. The van der Waals surface area contributed by atoms with Crippen LogP contribution in [0.2, 0.25) is 5.02 Å². The first-order chi connectivity index (χ1) is 12.8. The minimum absolute atomic E-state index is 0.0376. The van der Waals surface area contributed by atoms with Gasteiger partial charge < -0.3 is 4.42 Å². The highest BCUT2D eigenvalue weighted by Gasteiger charge is 2.42. The fourth-order valence-corrected chi connectivity index (χ4v) is 6.45. The van der Waals surface area contributed by atoms with E-state index in [0.717, 1.165) is 17.3 Å². The zero-order valence-corrected chi connectivity index (χ0v) is 17.1.